The van der Waals surface area contributed by atoms with Crippen molar-refractivity contribution >= 4 is 91.9 Å². The van der Waals surface area contributed by atoms with E-state index in [4.69, 9.17) is 46.4 Å². The molecule has 0 saturated carbocycles. The highest BCUT2D eigenvalue weighted by Gasteiger charge is 2.46. The number of nitro benzene ring substituents is 6. The smallest absolute Gasteiger partial charge is 0.258 e. The largest absolute Gasteiger partial charge is 0.426 e. The van der Waals surface area contributed by atoms with Gasteiger partial charge in [0, 0.05) is 0 Å². The molecule has 2 aromatic carbocycles. The molecule has 0 aliphatic heterocycles. The number of hydrogen-bond donors (Lipinski definition) is 0. The van der Waals surface area contributed by atoms with E-state index in [0.717, 1.165) is 0 Å². The highest BCUT2D eigenvalue weighted by atomic mass is 35.5. The van der Waals surface area contributed by atoms with Gasteiger partial charge in [-0.05, 0) is 0 Å². The Morgan fingerprint density at radius 2 is 0.611 bits per heavy atom. The molecule has 0 aliphatic rings. The summed E-state index contributed by atoms with van der Waals surface area (Å²) in [5.41, 5.74) is -13.0. The molecule has 2 rings (SSSR count). The van der Waals surface area contributed by atoms with Crippen LogP contribution in [0.4, 0.5) is 45.5 Å². The van der Waals surface area contributed by atoms with Crippen LogP contribution in [0.1, 0.15) is 0 Å². The second-order valence-electron chi connectivity index (χ2n) is 5.79. The maximum absolute atomic E-state index is 11.5. The fourth-order valence-electron chi connectivity index (χ4n) is 2.59. The molecule has 20 nitrogen and oxygen atoms in total. The minimum Gasteiger partial charge on any atom is -0.258 e. The average Bonchev–Trinajstić information content (AvgIpc) is 2.74. The van der Waals surface area contributed by atoms with Crippen LogP contribution < -0.4 is 0 Å². The molecule has 0 atom stereocenters. The molecule has 0 heterocycles. The first-order chi connectivity index (χ1) is 16.6. The van der Waals surface area contributed by atoms with E-state index >= 15 is 0 Å². The Hall–Kier alpha value is -4.40. The summed E-state index contributed by atoms with van der Waals surface area (Å²) >= 11 is 22.8. The molecular weight excluding hydrogens is 590 g/mol. The number of hydrogen-bond acceptors (Lipinski definition) is 14. The molecule has 0 N–H and O–H groups in total. The van der Waals surface area contributed by atoms with Crippen LogP contribution in [0.2, 0.25) is 20.1 Å². The fraction of sp³-hybridized carbons (Fsp3) is 0. The van der Waals surface area contributed by atoms with Gasteiger partial charge in [-0.25, -0.2) is 0 Å². The maximum atomic E-state index is 11.5. The topological polar surface area (TPSA) is 284 Å². The highest BCUT2D eigenvalue weighted by Crippen LogP contribution is 2.55. The van der Waals surface area contributed by atoms with E-state index in [1.807, 2.05) is 0 Å². The van der Waals surface area contributed by atoms with Crippen molar-refractivity contribution in [2.45, 2.75) is 0 Å². The molecule has 2 aromatic rings. The predicted octanol–water partition coefficient (Wildman–Crippen LogP) is 6.16. The van der Waals surface area contributed by atoms with E-state index in [1.54, 1.807) is 0 Å². The quantitative estimate of drug-likeness (QED) is 0.190. The van der Waals surface area contributed by atoms with Gasteiger partial charge in [0.15, 0.2) is 11.4 Å². The lowest BCUT2D eigenvalue weighted by Crippen LogP contribution is -2.04. The standard InChI is InChI=1S/C12Cl4N8O12/c13-1-3(15)7(19(25)26)11(23(33)34)9(21(29)30)5(1)17-18-6-2(14)4(16)8(20(27)28)12(24(35)36)10(6)22(31)32/b18-17+. The number of nitro groups is 6. The van der Waals surface area contributed by atoms with Gasteiger partial charge in [-0.2, -0.15) is 0 Å². The Kier molecular flexibility index (Phi) is 7.79. The molecule has 0 unspecified atom stereocenters. The Morgan fingerprint density at radius 3 is 0.806 bits per heavy atom. The summed E-state index contributed by atoms with van der Waals surface area (Å²) in [6.45, 7) is 0. The van der Waals surface area contributed by atoms with E-state index in [2.05, 4.69) is 10.2 Å². The minimum absolute atomic E-state index is 1.16. The molecule has 0 amide bonds. The highest BCUT2D eigenvalue weighted by molar-refractivity contribution is 6.46. The predicted molar refractivity (Wildman–Crippen MR) is 117 cm³/mol. The fourth-order valence-corrected chi connectivity index (χ4v) is 3.52. The molecule has 0 fully saturated rings. The first-order valence-electron chi connectivity index (χ1n) is 7.94. The number of benzene rings is 2. The monoisotopic (exact) mass is 588 g/mol. The normalized spacial score (nSPS) is 10.9. The molecule has 0 radical (unpaired) electrons. The lowest BCUT2D eigenvalue weighted by atomic mass is 10.2. The van der Waals surface area contributed by atoms with E-state index < -0.39 is 95.1 Å². The zero-order valence-electron chi connectivity index (χ0n) is 16.0. The first-order valence-corrected chi connectivity index (χ1v) is 9.45. The van der Waals surface area contributed by atoms with Crippen LogP contribution in [0.5, 0.6) is 0 Å². The van der Waals surface area contributed by atoms with E-state index in [0.29, 0.717) is 0 Å². The van der Waals surface area contributed by atoms with Crippen molar-refractivity contribution in [3.63, 3.8) is 0 Å². The summed E-state index contributed by atoms with van der Waals surface area (Å²) in [7, 11) is 0. The van der Waals surface area contributed by atoms with Gasteiger partial charge in [0.1, 0.15) is 20.1 Å². The van der Waals surface area contributed by atoms with Crippen LogP contribution in [0.3, 0.4) is 0 Å². The van der Waals surface area contributed by atoms with Crippen LogP contribution in [0.25, 0.3) is 0 Å². The van der Waals surface area contributed by atoms with Crippen LogP contribution in [0.15, 0.2) is 10.2 Å². The lowest BCUT2D eigenvalue weighted by molar-refractivity contribution is -0.440. The summed E-state index contributed by atoms with van der Waals surface area (Å²) in [6, 6.07) is 0. The summed E-state index contributed by atoms with van der Waals surface area (Å²) in [4.78, 5) is 59.0. The second kappa shape index (κ2) is 10.1. The van der Waals surface area contributed by atoms with Gasteiger partial charge >= 0.3 is 34.1 Å². The van der Waals surface area contributed by atoms with Crippen LogP contribution in [0, 0.1) is 60.7 Å². The van der Waals surface area contributed by atoms with Gasteiger partial charge in [0.25, 0.3) is 0 Å². The molecule has 0 saturated heterocycles. The summed E-state index contributed by atoms with van der Waals surface area (Å²) in [6.07, 6.45) is 0. The average molecular weight is 590 g/mol. The zero-order valence-corrected chi connectivity index (χ0v) is 19.0. The summed E-state index contributed by atoms with van der Waals surface area (Å²) in [5, 5.41) is 69.6. The van der Waals surface area contributed by atoms with Crippen molar-refractivity contribution in [3.05, 3.63) is 80.8 Å². The van der Waals surface area contributed by atoms with Crippen molar-refractivity contribution in [2.75, 3.05) is 0 Å². The molecular formula is C12Cl4N8O12. The Bertz CT molecular complexity index is 1350. The number of nitrogens with zero attached hydrogens (tertiary/aromatic N) is 8. The van der Waals surface area contributed by atoms with Gasteiger partial charge in [0.05, 0.1) is 29.5 Å². The molecule has 0 bridgehead atoms. The van der Waals surface area contributed by atoms with Crippen molar-refractivity contribution in [2.24, 2.45) is 10.2 Å². The third kappa shape index (κ3) is 4.59. The van der Waals surface area contributed by atoms with E-state index in [9.17, 15) is 60.7 Å². The van der Waals surface area contributed by atoms with Crippen molar-refractivity contribution in [3.8, 4) is 0 Å². The first kappa shape index (κ1) is 27.8. The molecule has 0 spiro atoms. The maximum Gasteiger partial charge on any atom is 0.426 e. The Balaban J connectivity index is 3.11. The van der Waals surface area contributed by atoms with Gasteiger partial charge < -0.3 is 0 Å². The number of azo groups is 1. The van der Waals surface area contributed by atoms with Gasteiger partial charge in [-0.3, -0.25) is 60.7 Å². The van der Waals surface area contributed by atoms with Gasteiger partial charge in [0.2, 0.25) is 0 Å². The zero-order chi connectivity index (χ0) is 27.8. The Labute approximate surface area is 212 Å². The molecule has 188 valence electrons. The van der Waals surface area contributed by atoms with Crippen molar-refractivity contribution in [1.29, 1.82) is 0 Å². The molecule has 36 heavy (non-hydrogen) atoms. The van der Waals surface area contributed by atoms with Crippen molar-refractivity contribution in [1.82, 2.24) is 0 Å². The van der Waals surface area contributed by atoms with Crippen LogP contribution >= 0.6 is 46.4 Å². The molecule has 0 aromatic heterocycles. The molecule has 0 aliphatic carbocycles. The van der Waals surface area contributed by atoms with Gasteiger partial charge in [-0.15, -0.1) is 10.2 Å². The number of rotatable bonds is 8. The minimum atomic E-state index is -1.80. The van der Waals surface area contributed by atoms with Crippen LogP contribution in [-0.4, -0.2) is 29.5 Å². The van der Waals surface area contributed by atoms with Gasteiger partial charge in [-0.1, -0.05) is 46.4 Å². The summed E-state index contributed by atoms with van der Waals surface area (Å²) < 4.78 is 0. The Morgan fingerprint density at radius 1 is 0.389 bits per heavy atom. The van der Waals surface area contributed by atoms with E-state index in [1.165, 1.54) is 0 Å². The third-order valence-electron chi connectivity index (χ3n) is 3.91. The third-order valence-corrected chi connectivity index (χ3v) is 5.57. The van der Waals surface area contributed by atoms with Crippen molar-refractivity contribution < 1.29 is 29.5 Å². The lowest BCUT2D eigenvalue weighted by Gasteiger charge is -2.06. The summed E-state index contributed by atoms with van der Waals surface area (Å²) in [5.74, 6) is 0. The van der Waals surface area contributed by atoms with E-state index in [-0.39, 0.29) is 0 Å². The SMILES string of the molecule is O=[N+]([O-])c1c(Cl)c(Cl)c(/N=N/c2c(Cl)c(Cl)c([N+](=O)[O-])c([N+](=O)[O-])c2[N+](=O)[O-])c([N+](=O)[O-])c1[N+](=O)[O-]. The number of halogens is 4. The second-order valence-corrected chi connectivity index (χ2v) is 7.30. The molecule has 24 heteroatoms. The van der Waals surface area contributed by atoms with Crippen LogP contribution in [-0.2, 0) is 0 Å².